The number of nitrogens with one attached hydrogen (secondary N) is 1. The lowest BCUT2D eigenvalue weighted by Crippen LogP contribution is -2.51. The van der Waals surface area contributed by atoms with Crippen molar-refractivity contribution in [3.63, 3.8) is 0 Å². The molecule has 0 atom stereocenters. The smallest absolute Gasteiger partial charge is 0.494 e. The highest BCUT2D eigenvalue weighted by atomic mass is 16.7. The molecule has 3 aromatic carbocycles. The summed E-state index contributed by atoms with van der Waals surface area (Å²) in [5.74, 6) is 0.0175. The standard InChI is InChI=1S/C33H34N4O7/c1-33(2,3)44-31(40)37-18-16-36(17-19-37)30(39)22-10-12-23(13-11-22)34-28(21-8-6-5-7-9-21)27-25-15-14-24(43-32(41)42-4)20-26(25)35-29(27)38/h5-15,20,35,38H,16-19H2,1-4H3. The normalized spacial score (nSPS) is 14.0. The van der Waals surface area contributed by atoms with Crippen LogP contribution < -0.4 is 4.74 Å². The number of aliphatic imine (C=N–C) groups is 1. The van der Waals surface area contributed by atoms with Gasteiger partial charge in [0.05, 0.1) is 29.6 Å². The summed E-state index contributed by atoms with van der Waals surface area (Å²) >= 11 is 0. The van der Waals surface area contributed by atoms with Gasteiger partial charge in [-0.15, -0.1) is 0 Å². The molecular formula is C33H34N4O7. The SMILES string of the molecule is COC(=O)Oc1ccc2c(C(=Nc3ccc(C(=O)N4CCN(C(=O)OC(C)(C)C)CC4)cc3)c3ccccc3)c(O)[nH]c2c1. The van der Waals surface area contributed by atoms with E-state index in [0.717, 1.165) is 5.56 Å². The largest absolute Gasteiger partial charge is 0.513 e. The van der Waals surface area contributed by atoms with Crippen LogP contribution >= 0.6 is 0 Å². The van der Waals surface area contributed by atoms with Gasteiger partial charge in [0.2, 0.25) is 0 Å². The van der Waals surface area contributed by atoms with E-state index < -0.39 is 11.8 Å². The Kier molecular flexibility index (Phi) is 8.57. The van der Waals surface area contributed by atoms with Gasteiger partial charge in [0.15, 0.2) is 5.88 Å². The Balaban J connectivity index is 1.38. The summed E-state index contributed by atoms with van der Waals surface area (Å²) in [6.45, 7) is 7.07. The summed E-state index contributed by atoms with van der Waals surface area (Å²) in [6, 6.07) is 21.3. The number of rotatable bonds is 5. The number of fused-ring (bicyclic) bond motifs is 1. The highest BCUT2D eigenvalue weighted by molar-refractivity contribution is 6.22. The van der Waals surface area contributed by atoms with E-state index >= 15 is 0 Å². The van der Waals surface area contributed by atoms with Crippen molar-refractivity contribution in [1.82, 2.24) is 14.8 Å². The number of methoxy groups -OCH3 is 1. The molecule has 2 N–H and O–H groups in total. The first-order valence-corrected chi connectivity index (χ1v) is 14.1. The number of piperazine rings is 1. The fourth-order valence-electron chi connectivity index (χ4n) is 4.87. The lowest BCUT2D eigenvalue weighted by molar-refractivity contribution is 0.0141. The number of nitrogens with zero attached hydrogens (tertiary/aromatic N) is 3. The molecule has 0 unspecified atom stereocenters. The number of hydrogen-bond donors (Lipinski definition) is 2. The molecule has 1 aliphatic rings. The number of aromatic hydroxyl groups is 1. The Bertz CT molecular complexity index is 1700. The molecule has 1 saturated heterocycles. The Morgan fingerprint density at radius 3 is 2.16 bits per heavy atom. The minimum Gasteiger partial charge on any atom is -0.494 e. The average Bonchev–Trinajstić information content (AvgIpc) is 3.34. The number of aromatic amines is 1. The monoisotopic (exact) mass is 598 g/mol. The van der Waals surface area contributed by atoms with Crippen LogP contribution in [0.5, 0.6) is 11.6 Å². The zero-order valence-electron chi connectivity index (χ0n) is 25.0. The molecule has 1 aliphatic heterocycles. The fourth-order valence-corrected chi connectivity index (χ4v) is 4.87. The van der Waals surface area contributed by atoms with Gasteiger partial charge in [0, 0.05) is 48.8 Å². The van der Waals surface area contributed by atoms with Crippen LogP contribution in [-0.4, -0.2) is 82.6 Å². The molecular weight excluding hydrogens is 564 g/mol. The van der Waals surface area contributed by atoms with Crippen LogP contribution in [0.1, 0.15) is 42.3 Å². The summed E-state index contributed by atoms with van der Waals surface area (Å²) in [7, 11) is 1.22. The Morgan fingerprint density at radius 2 is 1.52 bits per heavy atom. The summed E-state index contributed by atoms with van der Waals surface area (Å²) in [4.78, 5) is 48.3. The Hall–Kier alpha value is -5.32. The van der Waals surface area contributed by atoms with Crippen molar-refractivity contribution >= 4 is 40.5 Å². The summed E-state index contributed by atoms with van der Waals surface area (Å²) in [5, 5.41) is 11.6. The topological polar surface area (TPSA) is 134 Å². The molecule has 11 nitrogen and oxygen atoms in total. The third-order valence-corrected chi connectivity index (χ3v) is 6.98. The molecule has 0 aliphatic carbocycles. The number of aromatic nitrogens is 1. The van der Waals surface area contributed by atoms with E-state index in [1.54, 1.807) is 52.3 Å². The van der Waals surface area contributed by atoms with Gasteiger partial charge in [-0.2, -0.15) is 0 Å². The van der Waals surface area contributed by atoms with Crippen LogP contribution in [0.4, 0.5) is 15.3 Å². The number of H-pyrrole nitrogens is 1. The van der Waals surface area contributed by atoms with Gasteiger partial charge in [-0.3, -0.25) is 4.79 Å². The van der Waals surface area contributed by atoms with Crippen LogP contribution in [0.3, 0.4) is 0 Å². The van der Waals surface area contributed by atoms with Crippen molar-refractivity contribution in [2.24, 2.45) is 4.99 Å². The number of carbonyl (C=O) groups is 3. The second kappa shape index (κ2) is 12.5. The predicted octanol–water partition coefficient (Wildman–Crippen LogP) is 5.88. The van der Waals surface area contributed by atoms with Crippen molar-refractivity contribution < 1.29 is 33.7 Å². The summed E-state index contributed by atoms with van der Waals surface area (Å²) in [6.07, 6.45) is -1.23. The quantitative estimate of drug-likeness (QED) is 0.166. The van der Waals surface area contributed by atoms with Crippen LogP contribution in [0.25, 0.3) is 10.9 Å². The van der Waals surface area contributed by atoms with Crippen molar-refractivity contribution in [2.45, 2.75) is 26.4 Å². The maximum atomic E-state index is 13.2. The summed E-state index contributed by atoms with van der Waals surface area (Å²) < 4.78 is 15.1. The molecule has 0 radical (unpaired) electrons. The zero-order chi connectivity index (χ0) is 31.4. The molecule has 11 heteroatoms. The van der Waals surface area contributed by atoms with Gasteiger partial charge in [-0.1, -0.05) is 30.3 Å². The third-order valence-electron chi connectivity index (χ3n) is 6.98. The summed E-state index contributed by atoms with van der Waals surface area (Å²) in [5.41, 5.74) is 2.79. The first-order valence-electron chi connectivity index (χ1n) is 14.1. The number of hydrogen-bond acceptors (Lipinski definition) is 8. The molecule has 4 aromatic rings. The molecule has 44 heavy (non-hydrogen) atoms. The molecule has 0 bridgehead atoms. The van der Waals surface area contributed by atoms with Crippen molar-refractivity contribution in [3.8, 4) is 11.6 Å². The molecule has 228 valence electrons. The maximum absolute atomic E-state index is 13.2. The number of ether oxygens (including phenoxy) is 3. The number of benzene rings is 3. The van der Waals surface area contributed by atoms with E-state index in [4.69, 9.17) is 14.5 Å². The van der Waals surface area contributed by atoms with E-state index in [2.05, 4.69) is 9.72 Å². The van der Waals surface area contributed by atoms with Crippen LogP contribution in [0.15, 0.2) is 77.8 Å². The van der Waals surface area contributed by atoms with Gasteiger partial charge in [0.1, 0.15) is 11.4 Å². The second-order valence-corrected chi connectivity index (χ2v) is 11.2. The van der Waals surface area contributed by atoms with Gasteiger partial charge >= 0.3 is 12.2 Å². The Labute approximate surface area is 254 Å². The van der Waals surface area contributed by atoms with Crippen molar-refractivity contribution in [2.75, 3.05) is 33.3 Å². The predicted molar refractivity (Wildman–Crippen MR) is 165 cm³/mol. The van der Waals surface area contributed by atoms with E-state index in [9.17, 15) is 19.5 Å². The fraction of sp³-hybridized carbons (Fsp3) is 0.273. The number of carbonyl (C=O) groups excluding carboxylic acids is 3. The van der Waals surface area contributed by atoms with E-state index in [1.165, 1.54) is 7.11 Å². The van der Waals surface area contributed by atoms with Gasteiger partial charge in [-0.05, 0) is 57.2 Å². The lowest BCUT2D eigenvalue weighted by Gasteiger charge is -2.35. The van der Waals surface area contributed by atoms with E-state index in [-0.39, 0.29) is 23.6 Å². The van der Waals surface area contributed by atoms with Gasteiger partial charge in [0.25, 0.3) is 5.91 Å². The van der Waals surface area contributed by atoms with Gasteiger partial charge < -0.3 is 34.1 Å². The molecule has 5 rings (SSSR count). The first kappa shape index (κ1) is 30.1. The number of amides is 2. The maximum Gasteiger partial charge on any atom is 0.513 e. The van der Waals surface area contributed by atoms with E-state index in [0.29, 0.717) is 59.6 Å². The molecule has 2 amide bonds. The average molecular weight is 599 g/mol. The third kappa shape index (κ3) is 6.83. The highest BCUT2D eigenvalue weighted by Gasteiger charge is 2.28. The van der Waals surface area contributed by atoms with E-state index in [1.807, 2.05) is 51.1 Å². The Morgan fingerprint density at radius 1 is 0.864 bits per heavy atom. The van der Waals surface area contributed by atoms with Gasteiger partial charge in [-0.25, -0.2) is 14.6 Å². The zero-order valence-corrected chi connectivity index (χ0v) is 25.0. The van der Waals surface area contributed by atoms with Crippen molar-refractivity contribution in [1.29, 1.82) is 0 Å². The molecule has 0 spiro atoms. The minimum atomic E-state index is -0.850. The molecule has 2 heterocycles. The minimum absolute atomic E-state index is 0.102. The lowest BCUT2D eigenvalue weighted by atomic mass is 10.0. The molecule has 1 fully saturated rings. The van der Waals surface area contributed by atoms with Crippen LogP contribution in [-0.2, 0) is 9.47 Å². The van der Waals surface area contributed by atoms with Crippen LogP contribution in [0.2, 0.25) is 0 Å². The molecule has 1 aromatic heterocycles. The molecule has 0 saturated carbocycles. The van der Waals surface area contributed by atoms with Crippen LogP contribution in [0, 0.1) is 0 Å². The van der Waals surface area contributed by atoms with Crippen molar-refractivity contribution in [3.05, 3.63) is 89.5 Å². The highest BCUT2D eigenvalue weighted by Crippen LogP contribution is 2.33. The first-order chi connectivity index (χ1) is 21.0. The second-order valence-electron chi connectivity index (χ2n) is 11.2.